The zero-order valence-electron chi connectivity index (χ0n) is 21.9. The first-order valence-corrected chi connectivity index (χ1v) is 15.0. The van der Waals surface area contributed by atoms with Gasteiger partial charge < -0.3 is 23.9 Å². The minimum Gasteiger partial charge on any atom is -0.485 e. The quantitative estimate of drug-likeness (QED) is 0.282. The summed E-state index contributed by atoms with van der Waals surface area (Å²) in [6, 6.07) is 15.7. The summed E-state index contributed by atoms with van der Waals surface area (Å²) in [4.78, 5) is 19.9. The van der Waals surface area contributed by atoms with Gasteiger partial charge in [-0.1, -0.05) is 35.9 Å². The van der Waals surface area contributed by atoms with Crippen molar-refractivity contribution in [3.8, 4) is 11.5 Å². The number of imidazole rings is 1. The molecule has 8 nitrogen and oxygen atoms in total. The summed E-state index contributed by atoms with van der Waals surface area (Å²) in [6.45, 7) is 4.60. The van der Waals surface area contributed by atoms with E-state index in [1.807, 2.05) is 30.3 Å². The van der Waals surface area contributed by atoms with Gasteiger partial charge in [0, 0.05) is 17.2 Å². The first-order chi connectivity index (χ1) is 19.5. The van der Waals surface area contributed by atoms with Crippen LogP contribution in [0.15, 0.2) is 48.5 Å². The van der Waals surface area contributed by atoms with Gasteiger partial charge in [0.1, 0.15) is 22.1 Å². The van der Waals surface area contributed by atoms with Crippen LogP contribution in [-0.2, 0) is 17.8 Å². The zero-order valence-corrected chi connectivity index (χ0v) is 23.5. The lowest BCUT2D eigenvalue weighted by atomic mass is 9.88. The number of hydrogen-bond acceptors (Lipinski definition) is 7. The van der Waals surface area contributed by atoms with Crippen LogP contribution in [0.25, 0.3) is 10.3 Å². The first-order valence-electron chi connectivity index (χ1n) is 13.8. The molecule has 4 aromatic rings. The maximum atomic E-state index is 11.5. The Hall–Kier alpha value is -3.11. The number of carboxylic acids is 1. The summed E-state index contributed by atoms with van der Waals surface area (Å²) in [7, 11) is 0. The summed E-state index contributed by atoms with van der Waals surface area (Å²) >= 11 is 7.30. The third kappa shape index (κ3) is 4.96. The number of carboxylic acid groups (broad SMARTS) is 1. The summed E-state index contributed by atoms with van der Waals surface area (Å²) in [5.41, 5.74) is 3.17. The van der Waals surface area contributed by atoms with Crippen molar-refractivity contribution in [3.63, 3.8) is 0 Å². The molecule has 10 heteroatoms. The van der Waals surface area contributed by atoms with E-state index < -0.39 is 5.97 Å². The lowest BCUT2D eigenvalue weighted by Crippen LogP contribution is -2.35. The molecule has 0 bridgehead atoms. The molecule has 0 spiro atoms. The van der Waals surface area contributed by atoms with Crippen LogP contribution in [0.1, 0.15) is 57.9 Å². The van der Waals surface area contributed by atoms with E-state index in [4.69, 9.17) is 30.8 Å². The second kappa shape index (κ2) is 10.7. The van der Waals surface area contributed by atoms with Gasteiger partial charge in [0.05, 0.1) is 24.7 Å². The lowest BCUT2D eigenvalue weighted by molar-refractivity contribution is -0.0592. The number of nitrogens with zero attached hydrogens (tertiary/aromatic N) is 3. The maximum absolute atomic E-state index is 11.5. The summed E-state index contributed by atoms with van der Waals surface area (Å²) in [5.74, 6) is 2.14. The Balaban J connectivity index is 1.04. The molecular weight excluding hydrogens is 550 g/mol. The predicted octanol–water partition coefficient (Wildman–Crippen LogP) is 6.13. The van der Waals surface area contributed by atoms with Crippen LogP contribution in [0.3, 0.4) is 0 Å². The largest absolute Gasteiger partial charge is 0.485 e. The van der Waals surface area contributed by atoms with Crippen molar-refractivity contribution >= 4 is 39.3 Å². The third-order valence-electron chi connectivity index (χ3n) is 8.21. The number of fused-ring (bicyclic) bond motifs is 2. The Morgan fingerprint density at radius 2 is 1.93 bits per heavy atom. The number of ether oxygens (including phenoxy) is 3. The van der Waals surface area contributed by atoms with Crippen molar-refractivity contribution in [2.75, 3.05) is 26.3 Å². The van der Waals surface area contributed by atoms with Crippen LogP contribution in [0.2, 0.25) is 5.02 Å². The molecule has 40 heavy (non-hydrogen) atoms. The SMILES string of the molecule is O=C(O)c1cc2c(nc(CN3CCC(c4cccc5c4OC[C@H](c4ccc(Cl)cc4)O5)CC3)n2C[C@@H]2CCO2)s1. The predicted molar refractivity (Wildman–Crippen MR) is 153 cm³/mol. The molecule has 5 heterocycles. The number of likely N-dealkylation sites (tertiary alicyclic amines) is 1. The van der Waals surface area contributed by atoms with Crippen molar-refractivity contribution in [1.29, 1.82) is 0 Å². The second-order valence-corrected chi connectivity index (χ2v) is 12.2. The van der Waals surface area contributed by atoms with Crippen molar-refractivity contribution in [3.05, 3.63) is 75.4 Å². The van der Waals surface area contributed by atoms with Crippen LogP contribution in [-0.4, -0.2) is 57.9 Å². The number of halogens is 1. The first kappa shape index (κ1) is 25.8. The van der Waals surface area contributed by atoms with Gasteiger partial charge in [-0.2, -0.15) is 0 Å². The van der Waals surface area contributed by atoms with Crippen molar-refractivity contribution in [1.82, 2.24) is 14.5 Å². The van der Waals surface area contributed by atoms with Gasteiger partial charge in [-0.15, -0.1) is 11.3 Å². The summed E-state index contributed by atoms with van der Waals surface area (Å²) in [6.07, 6.45) is 3.07. The molecule has 0 radical (unpaired) electrons. The molecule has 0 amide bonds. The van der Waals surface area contributed by atoms with Crippen molar-refractivity contribution < 1.29 is 24.1 Å². The second-order valence-electron chi connectivity index (χ2n) is 10.7. The van der Waals surface area contributed by atoms with Gasteiger partial charge in [-0.25, -0.2) is 9.78 Å². The lowest BCUT2D eigenvalue weighted by Gasteiger charge is -2.35. The standard InChI is InChI=1S/C30H30ClN3O5S/c31-20-6-4-19(5-7-20)25-17-38-28-22(2-1-3-24(28)39-25)18-8-11-33(12-9-18)16-27-32-29-23(14-26(40-29)30(35)36)34(27)15-21-10-13-37-21/h1-7,14,18,21,25H,8-13,15-17H2,(H,35,36)/t21-,25+/m0/s1. The van der Waals surface area contributed by atoms with E-state index in [1.165, 1.54) is 16.9 Å². The van der Waals surface area contributed by atoms with Crippen molar-refractivity contribution in [2.45, 2.75) is 50.5 Å². The maximum Gasteiger partial charge on any atom is 0.346 e. The number of para-hydroxylation sites is 1. The molecule has 2 saturated heterocycles. The van der Waals surface area contributed by atoms with Crippen LogP contribution < -0.4 is 9.47 Å². The molecule has 2 atom stereocenters. The van der Waals surface area contributed by atoms with Crippen molar-refractivity contribution in [2.24, 2.45) is 0 Å². The minimum atomic E-state index is -0.906. The molecule has 2 aromatic heterocycles. The molecule has 0 aliphatic carbocycles. The molecule has 208 valence electrons. The van der Waals surface area contributed by atoms with Crippen LogP contribution in [0.5, 0.6) is 11.5 Å². The molecule has 0 unspecified atom stereocenters. The van der Waals surface area contributed by atoms with Gasteiger partial charge in [0.2, 0.25) is 0 Å². The fraction of sp³-hybridized carbons (Fsp3) is 0.400. The highest BCUT2D eigenvalue weighted by Gasteiger charge is 2.30. The molecular formula is C30H30ClN3O5S. The Bertz CT molecular complexity index is 1540. The van der Waals surface area contributed by atoms with Crippen LogP contribution in [0, 0.1) is 0 Å². The van der Waals surface area contributed by atoms with Gasteiger partial charge in [0.15, 0.2) is 17.6 Å². The van der Waals surface area contributed by atoms with Crippen LogP contribution in [0.4, 0.5) is 0 Å². The van der Waals surface area contributed by atoms with E-state index in [0.29, 0.717) is 29.0 Å². The van der Waals surface area contributed by atoms with Gasteiger partial charge in [0.25, 0.3) is 0 Å². The zero-order chi connectivity index (χ0) is 27.2. The van der Waals surface area contributed by atoms with E-state index in [2.05, 4.69) is 21.6 Å². The molecule has 3 aliphatic heterocycles. The molecule has 3 aliphatic rings. The van der Waals surface area contributed by atoms with Gasteiger partial charge in [-0.3, -0.25) is 4.90 Å². The number of hydrogen-bond donors (Lipinski definition) is 1. The number of aromatic nitrogens is 2. The topological polar surface area (TPSA) is 86.0 Å². The number of carbonyl (C=O) groups is 1. The molecule has 2 aromatic carbocycles. The molecule has 7 rings (SSSR count). The van der Waals surface area contributed by atoms with E-state index in [-0.39, 0.29) is 12.2 Å². The van der Waals surface area contributed by atoms with Crippen LogP contribution >= 0.6 is 22.9 Å². The summed E-state index contributed by atoms with van der Waals surface area (Å²) in [5, 5.41) is 10.2. The number of piperidine rings is 1. The number of rotatable bonds is 7. The average Bonchev–Trinajstić information content (AvgIpc) is 3.49. The fourth-order valence-corrected chi connectivity index (χ4v) is 6.93. The number of aromatic carboxylic acids is 1. The monoisotopic (exact) mass is 579 g/mol. The molecule has 1 N–H and O–H groups in total. The van der Waals surface area contributed by atoms with E-state index >= 15 is 0 Å². The van der Waals surface area contributed by atoms with Gasteiger partial charge in [-0.05, 0) is 68.1 Å². The summed E-state index contributed by atoms with van der Waals surface area (Å²) < 4.78 is 20.5. The Kier molecular flexibility index (Phi) is 6.91. The normalized spacial score (nSPS) is 21.4. The smallest absolute Gasteiger partial charge is 0.346 e. The minimum absolute atomic E-state index is 0.155. The van der Waals surface area contributed by atoms with E-state index in [1.54, 1.807) is 6.07 Å². The highest BCUT2D eigenvalue weighted by atomic mass is 35.5. The molecule has 0 saturated carbocycles. The average molecular weight is 580 g/mol. The molecule has 2 fully saturated rings. The van der Waals surface area contributed by atoms with E-state index in [9.17, 15) is 9.90 Å². The Morgan fingerprint density at radius 3 is 2.65 bits per heavy atom. The Labute approximate surface area is 241 Å². The highest BCUT2D eigenvalue weighted by Crippen LogP contribution is 2.44. The van der Waals surface area contributed by atoms with E-state index in [0.717, 1.165) is 78.7 Å². The third-order valence-corrected chi connectivity index (χ3v) is 9.47. The number of benzene rings is 2. The Morgan fingerprint density at radius 1 is 1.12 bits per heavy atom. The highest BCUT2D eigenvalue weighted by molar-refractivity contribution is 7.20. The number of thiophene rings is 1. The fourth-order valence-electron chi connectivity index (χ4n) is 5.92. The van der Waals surface area contributed by atoms with Gasteiger partial charge >= 0.3 is 5.97 Å².